The summed E-state index contributed by atoms with van der Waals surface area (Å²) in [5.41, 5.74) is 0.727. The third-order valence-electron chi connectivity index (χ3n) is 1.44. The molecule has 4 heteroatoms. The molecule has 4 nitrogen and oxygen atoms in total. The molecule has 0 aliphatic carbocycles. The number of aromatic nitrogens is 2. The van der Waals surface area contributed by atoms with Crippen molar-refractivity contribution in [2.75, 3.05) is 14.1 Å². The summed E-state index contributed by atoms with van der Waals surface area (Å²) in [4.78, 5) is 20.3. The third kappa shape index (κ3) is 3.02. The lowest BCUT2D eigenvalue weighted by Crippen LogP contribution is -2.18. The van der Waals surface area contributed by atoms with Gasteiger partial charge in [-0.2, -0.15) is 0 Å². The zero-order valence-electron chi connectivity index (χ0n) is 7.64. The van der Waals surface area contributed by atoms with Crippen LogP contribution in [0.2, 0.25) is 0 Å². The number of carbonyl (C=O) groups is 1. The van der Waals surface area contributed by atoms with E-state index >= 15 is 0 Å². The van der Waals surface area contributed by atoms with Crippen LogP contribution < -0.4 is 0 Å². The summed E-state index contributed by atoms with van der Waals surface area (Å²) in [7, 11) is 3.40. The van der Waals surface area contributed by atoms with Crippen molar-refractivity contribution in [3.05, 3.63) is 30.4 Å². The van der Waals surface area contributed by atoms with Gasteiger partial charge in [0.2, 0.25) is 5.91 Å². The van der Waals surface area contributed by atoms with Crippen molar-refractivity contribution in [1.82, 2.24) is 14.9 Å². The summed E-state index contributed by atoms with van der Waals surface area (Å²) in [6.45, 7) is 0. The molecule has 1 heterocycles. The first kappa shape index (κ1) is 9.38. The molecule has 0 aromatic carbocycles. The van der Waals surface area contributed by atoms with Crippen LogP contribution in [0.25, 0.3) is 6.08 Å². The van der Waals surface area contributed by atoms with Gasteiger partial charge in [0.1, 0.15) is 6.33 Å². The number of amides is 1. The van der Waals surface area contributed by atoms with Crippen molar-refractivity contribution in [1.29, 1.82) is 0 Å². The number of likely N-dealkylation sites (N-methyl/N-ethyl adjacent to an activating group) is 1. The molecule has 0 unspecified atom stereocenters. The molecule has 1 aromatic heterocycles. The fourth-order valence-electron chi connectivity index (χ4n) is 0.705. The Morgan fingerprint density at radius 2 is 2.31 bits per heavy atom. The smallest absolute Gasteiger partial charge is 0.246 e. The summed E-state index contributed by atoms with van der Waals surface area (Å²) in [6, 6.07) is 1.74. The van der Waals surface area contributed by atoms with Gasteiger partial charge in [-0.15, -0.1) is 0 Å². The minimum absolute atomic E-state index is 0.0568. The van der Waals surface area contributed by atoms with Crippen LogP contribution in [0.5, 0.6) is 0 Å². The molecule has 0 spiro atoms. The fraction of sp³-hybridized carbons (Fsp3) is 0.222. The maximum Gasteiger partial charge on any atom is 0.246 e. The highest BCUT2D eigenvalue weighted by molar-refractivity contribution is 5.91. The van der Waals surface area contributed by atoms with Crippen LogP contribution >= 0.6 is 0 Å². The molecule has 0 N–H and O–H groups in total. The Balaban J connectivity index is 2.64. The SMILES string of the molecule is CN(C)C(=O)/C=C/c1ccncn1. The Bertz CT molecular complexity index is 306. The molecule has 1 amide bonds. The molecule has 0 saturated heterocycles. The van der Waals surface area contributed by atoms with Crippen LogP contribution in [0.4, 0.5) is 0 Å². The number of nitrogens with zero attached hydrogens (tertiary/aromatic N) is 3. The van der Waals surface area contributed by atoms with E-state index in [1.807, 2.05) is 0 Å². The van der Waals surface area contributed by atoms with Crippen molar-refractivity contribution >= 4 is 12.0 Å². The number of carbonyl (C=O) groups excluding carboxylic acids is 1. The van der Waals surface area contributed by atoms with Crippen molar-refractivity contribution in [3.8, 4) is 0 Å². The second-order valence-corrected chi connectivity index (χ2v) is 2.70. The second kappa shape index (κ2) is 4.35. The van der Waals surface area contributed by atoms with Crippen LogP contribution in [-0.4, -0.2) is 34.9 Å². The van der Waals surface area contributed by atoms with Gasteiger partial charge >= 0.3 is 0 Å². The lowest BCUT2D eigenvalue weighted by atomic mass is 10.3. The van der Waals surface area contributed by atoms with E-state index in [2.05, 4.69) is 9.97 Å². The molecule has 0 saturated carbocycles. The average molecular weight is 177 g/mol. The highest BCUT2D eigenvalue weighted by atomic mass is 16.2. The highest BCUT2D eigenvalue weighted by Crippen LogP contribution is 1.94. The topological polar surface area (TPSA) is 46.1 Å². The summed E-state index contributed by atoms with van der Waals surface area (Å²) in [5, 5.41) is 0. The molecule has 0 radical (unpaired) electrons. The van der Waals surface area contributed by atoms with Crippen molar-refractivity contribution in [2.24, 2.45) is 0 Å². The van der Waals surface area contributed by atoms with E-state index in [1.165, 1.54) is 17.3 Å². The highest BCUT2D eigenvalue weighted by Gasteiger charge is 1.96. The molecule has 1 rings (SSSR count). The largest absolute Gasteiger partial charge is 0.345 e. The maximum atomic E-state index is 11.1. The van der Waals surface area contributed by atoms with Crippen molar-refractivity contribution in [2.45, 2.75) is 0 Å². The number of hydrogen-bond acceptors (Lipinski definition) is 3. The zero-order valence-corrected chi connectivity index (χ0v) is 7.64. The van der Waals surface area contributed by atoms with Gasteiger partial charge in [-0.25, -0.2) is 9.97 Å². The standard InChI is InChI=1S/C9H11N3O/c1-12(2)9(13)4-3-8-5-6-10-7-11-8/h3-7H,1-2H3/b4-3+. The zero-order chi connectivity index (χ0) is 9.68. The first-order valence-corrected chi connectivity index (χ1v) is 3.85. The van der Waals surface area contributed by atoms with Gasteiger partial charge in [-0.1, -0.05) is 0 Å². The van der Waals surface area contributed by atoms with E-state index in [9.17, 15) is 4.79 Å². The molecule has 0 fully saturated rings. The van der Waals surface area contributed by atoms with Gasteiger partial charge < -0.3 is 4.90 Å². The molecule has 13 heavy (non-hydrogen) atoms. The number of hydrogen-bond donors (Lipinski definition) is 0. The fourth-order valence-corrected chi connectivity index (χ4v) is 0.705. The van der Waals surface area contributed by atoms with Crippen LogP contribution in [0.3, 0.4) is 0 Å². The Morgan fingerprint density at radius 3 is 2.85 bits per heavy atom. The Labute approximate surface area is 76.9 Å². The van der Waals surface area contributed by atoms with Crippen LogP contribution in [0.15, 0.2) is 24.7 Å². The normalized spacial score (nSPS) is 10.3. The first-order chi connectivity index (χ1) is 6.20. The minimum atomic E-state index is -0.0568. The van der Waals surface area contributed by atoms with Crippen molar-refractivity contribution in [3.63, 3.8) is 0 Å². The lowest BCUT2D eigenvalue weighted by molar-refractivity contribution is -0.123. The molecule has 0 bridgehead atoms. The third-order valence-corrected chi connectivity index (χ3v) is 1.44. The van der Waals surface area contributed by atoms with E-state index in [1.54, 1.807) is 32.4 Å². The van der Waals surface area contributed by atoms with Gasteiger partial charge in [0.05, 0.1) is 5.69 Å². The quantitative estimate of drug-likeness (QED) is 0.621. The average Bonchev–Trinajstić information content (AvgIpc) is 2.15. The van der Waals surface area contributed by atoms with Gasteiger partial charge in [-0.3, -0.25) is 4.79 Å². The molecule has 0 aliphatic heterocycles. The predicted octanol–water partition coefficient (Wildman–Crippen LogP) is 0.578. The Morgan fingerprint density at radius 1 is 1.54 bits per heavy atom. The number of rotatable bonds is 2. The lowest BCUT2D eigenvalue weighted by Gasteiger charge is -2.04. The second-order valence-electron chi connectivity index (χ2n) is 2.70. The minimum Gasteiger partial charge on any atom is -0.345 e. The Kier molecular flexibility index (Phi) is 3.14. The van der Waals surface area contributed by atoms with E-state index in [4.69, 9.17) is 0 Å². The summed E-state index contributed by atoms with van der Waals surface area (Å²) < 4.78 is 0. The van der Waals surface area contributed by atoms with Crippen LogP contribution in [0.1, 0.15) is 5.69 Å². The van der Waals surface area contributed by atoms with Gasteiger partial charge in [0.25, 0.3) is 0 Å². The molecule has 0 atom stereocenters. The summed E-state index contributed by atoms with van der Waals surface area (Å²) in [5.74, 6) is -0.0568. The van der Waals surface area contributed by atoms with Gasteiger partial charge in [0.15, 0.2) is 0 Å². The van der Waals surface area contributed by atoms with E-state index < -0.39 is 0 Å². The molecular weight excluding hydrogens is 166 g/mol. The molecule has 68 valence electrons. The van der Waals surface area contributed by atoms with Crippen LogP contribution in [-0.2, 0) is 4.79 Å². The Hall–Kier alpha value is -1.71. The monoisotopic (exact) mass is 177 g/mol. The summed E-state index contributed by atoms with van der Waals surface area (Å²) in [6.07, 6.45) is 6.21. The van der Waals surface area contributed by atoms with Crippen LogP contribution in [0, 0.1) is 0 Å². The molecule has 0 aliphatic rings. The van der Waals surface area contributed by atoms with Crippen molar-refractivity contribution < 1.29 is 4.79 Å². The predicted molar refractivity (Wildman–Crippen MR) is 49.8 cm³/mol. The van der Waals surface area contributed by atoms with E-state index in [-0.39, 0.29) is 5.91 Å². The van der Waals surface area contributed by atoms with E-state index in [0.29, 0.717) is 0 Å². The molecular formula is C9H11N3O. The maximum absolute atomic E-state index is 11.1. The van der Waals surface area contributed by atoms with E-state index in [0.717, 1.165) is 5.69 Å². The molecule has 1 aromatic rings. The van der Waals surface area contributed by atoms with Gasteiger partial charge in [-0.05, 0) is 12.1 Å². The summed E-state index contributed by atoms with van der Waals surface area (Å²) >= 11 is 0. The first-order valence-electron chi connectivity index (χ1n) is 3.85. The van der Waals surface area contributed by atoms with Gasteiger partial charge in [0, 0.05) is 26.4 Å².